The van der Waals surface area contributed by atoms with Crippen LogP contribution in [-0.2, 0) is 6.42 Å². The van der Waals surface area contributed by atoms with Crippen LogP contribution in [0.4, 0.5) is 10.2 Å². The second-order valence-electron chi connectivity index (χ2n) is 2.28. The third-order valence-electron chi connectivity index (χ3n) is 1.47. The summed E-state index contributed by atoms with van der Waals surface area (Å²) in [6.45, 7) is 0. The summed E-state index contributed by atoms with van der Waals surface area (Å²) in [6.07, 6.45) is 1.73. The Labute approximate surface area is 75.8 Å². The molecule has 0 bridgehead atoms. The zero-order valence-electron chi connectivity index (χ0n) is 6.67. The zero-order chi connectivity index (χ0) is 8.97. The Hall–Kier alpha value is -1.03. The summed E-state index contributed by atoms with van der Waals surface area (Å²) in [6, 6.07) is 1.43. The third kappa shape index (κ3) is 1.98. The maximum absolute atomic E-state index is 12.7. The highest BCUT2D eigenvalue weighted by Gasteiger charge is 2.01. The Morgan fingerprint density at radius 1 is 1.75 bits per heavy atom. The van der Waals surface area contributed by atoms with E-state index < -0.39 is 0 Å². The van der Waals surface area contributed by atoms with Gasteiger partial charge in [0, 0.05) is 19.0 Å². The van der Waals surface area contributed by atoms with Crippen molar-refractivity contribution in [1.82, 2.24) is 4.98 Å². The molecule has 0 aliphatic rings. The highest BCUT2D eigenvalue weighted by molar-refractivity contribution is 7.78. The molecule has 1 N–H and O–H groups in total. The van der Waals surface area contributed by atoms with Crippen molar-refractivity contribution in [2.75, 3.05) is 12.4 Å². The first kappa shape index (κ1) is 9.06. The van der Waals surface area contributed by atoms with E-state index in [0.29, 0.717) is 12.2 Å². The molecule has 12 heavy (non-hydrogen) atoms. The van der Waals surface area contributed by atoms with Crippen molar-refractivity contribution in [1.29, 1.82) is 0 Å². The zero-order valence-corrected chi connectivity index (χ0v) is 7.49. The van der Waals surface area contributed by atoms with Gasteiger partial charge in [-0.3, -0.25) is 0 Å². The molecule has 0 atom stereocenters. The van der Waals surface area contributed by atoms with Gasteiger partial charge in [-0.05, 0) is 11.4 Å². The van der Waals surface area contributed by atoms with Gasteiger partial charge in [0.2, 0.25) is 0 Å². The molecule has 1 aromatic heterocycles. The van der Waals surface area contributed by atoms with Gasteiger partial charge in [0.25, 0.3) is 0 Å². The molecular weight excluding hydrogens is 175 g/mol. The number of anilines is 1. The second-order valence-corrected chi connectivity index (χ2v) is 2.62. The fourth-order valence-corrected chi connectivity index (χ4v) is 1.13. The van der Waals surface area contributed by atoms with Crippen molar-refractivity contribution in [2.45, 2.75) is 6.42 Å². The first-order chi connectivity index (χ1) is 5.77. The topological polar surface area (TPSA) is 24.9 Å². The van der Waals surface area contributed by atoms with E-state index in [4.69, 9.17) is 0 Å². The van der Waals surface area contributed by atoms with Crippen LogP contribution >= 0.6 is 12.2 Å². The Kier molecular flexibility index (Phi) is 3.10. The number of thiocarbonyl (C=S) groups is 1. The monoisotopic (exact) mass is 184 g/mol. The highest BCUT2D eigenvalue weighted by atomic mass is 32.1. The molecule has 0 saturated heterocycles. The number of pyridine rings is 1. The number of halogens is 1. The van der Waals surface area contributed by atoms with E-state index in [1.807, 2.05) is 0 Å². The summed E-state index contributed by atoms with van der Waals surface area (Å²) in [5.41, 5.74) is 0.785. The lowest BCUT2D eigenvalue weighted by Crippen LogP contribution is -1.99. The van der Waals surface area contributed by atoms with E-state index >= 15 is 0 Å². The molecule has 1 heterocycles. The van der Waals surface area contributed by atoms with Gasteiger partial charge in [0.05, 0.1) is 6.20 Å². The molecule has 2 nitrogen and oxygen atoms in total. The number of rotatable bonds is 3. The predicted molar refractivity (Wildman–Crippen MR) is 51.1 cm³/mol. The maximum atomic E-state index is 12.7. The van der Waals surface area contributed by atoms with Crippen molar-refractivity contribution < 1.29 is 4.39 Å². The van der Waals surface area contributed by atoms with Crippen LogP contribution in [0.1, 0.15) is 5.56 Å². The van der Waals surface area contributed by atoms with Crippen molar-refractivity contribution in [3.63, 3.8) is 0 Å². The summed E-state index contributed by atoms with van der Waals surface area (Å²) < 4.78 is 12.7. The molecule has 0 aromatic carbocycles. The average Bonchev–Trinajstić information content (AvgIpc) is 2.05. The fraction of sp³-hybridized carbons (Fsp3) is 0.250. The predicted octanol–water partition coefficient (Wildman–Crippen LogP) is 1.80. The molecule has 0 saturated carbocycles. The summed E-state index contributed by atoms with van der Waals surface area (Å²) >= 11 is 4.68. The Bertz CT molecular complexity index is 288. The van der Waals surface area contributed by atoms with E-state index in [2.05, 4.69) is 22.5 Å². The van der Waals surface area contributed by atoms with Crippen LogP contribution < -0.4 is 5.32 Å². The molecule has 0 fully saturated rings. The van der Waals surface area contributed by atoms with Crippen molar-refractivity contribution in [3.8, 4) is 0 Å². The Morgan fingerprint density at radius 3 is 3.08 bits per heavy atom. The summed E-state index contributed by atoms with van der Waals surface area (Å²) in [4.78, 5) is 3.86. The summed E-state index contributed by atoms with van der Waals surface area (Å²) in [7, 11) is 1.74. The van der Waals surface area contributed by atoms with E-state index in [1.165, 1.54) is 12.3 Å². The van der Waals surface area contributed by atoms with Gasteiger partial charge in [-0.25, -0.2) is 9.37 Å². The van der Waals surface area contributed by atoms with Crippen LogP contribution in [0.25, 0.3) is 0 Å². The first-order valence-corrected chi connectivity index (χ1v) is 4.01. The number of nitrogens with zero attached hydrogens (tertiary/aromatic N) is 1. The van der Waals surface area contributed by atoms with Gasteiger partial charge < -0.3 is 5.32 Å². The van der Waals surface area contributed by atoms with Crippen LogP contribution in [0, 0.1) is 5.82 Å². The van der Waals surface area contributed by atoms with Gasteiger partial charge in [0.15, 0.2) is 0 Å². The van der Waals surface area contributed by atoms with Gasteiger partial charge in [-0.1, -0.05) is 12.2 Å². The summed E-state index contributed by atoms with van der Waals surface area (Å²) in [5, 5.41) is 4.42. The molecule has 0 amide bonds. The SMILES string of the molecule is CNc1ncc(F)cc1CC=S. The Balaban J connectivity index is 3.03. The molecule has 64 valence electrons. The normalized spacial score (nSPS) is 9.50. The lowest BCUT2D eigenvalue weighted by atomic mass is 10.2. The van der Waals surface area contributed by atoms with E-state index in [1.54, 1.807) is 12.4 Å². The van der Waals surface area contributed by atoms with E-state index in [0.717, 1.165) is 5.56 Å². The van der Waals surface area contributed by atoms with Gasteiger partial charge in [-0.15, -0.1) is 0 Å². The number of aromatic nitrogens is 1. The van der Waals surface area contributed by atoms with Gasteiger partial charge in [0.1, 0.15) is 11.6 Å². The second kappa shape index (κ2) is 4.11. The molecule has 0 aliphatic carbocycles. The smallest absolute Gasteiger partial charge is 0.141 e. The van der Waals surface area contributed by atoms with Crippen molar-refractivity contribution >= 4 is 23.4 Å². The van der Waals surface area contributed by atoms with Crippen molar-refractivity contribution in [3.05, 3.63) is 23.6 Å². The molecule has 4 heteroatoms. The van der Waals surface area contributed by atoms with Crippen molar-refractivity contribution in [2.24, 2.45) is 0 Å². The minimum atomic E-state index is -0.333. The highest BCUT2D eigenvalue weighted by Crippen LogP contribution is 2.12. The van der Waals surface area contributed by atoms with Crippen LogP contribution in [0.15, 0.2) is 12.3 Å². The number of nitrogens with one attached hydrogen (secondary N) is 1. The van der Waals surface area contributed by atoms with Crippen LogP contribution in [0.5, 0.6) is 0 Å². The lowest BCUT2D eigenvalue weighted by Gasteiger charge is -2.04. The average molecular weight is 184 g/mol. The lowest BCUT2D eigenvalue weighted by molar-refractivity contribution is 0.620. The molecule has 1 rings (SSSR count). The molecule has 0 aliphatic heterocycles. The quantitative estimate of drug-likeness (QED) is 0.725. The third-order valence-corrected chi connectivity index (χ3v) is 1.64. The van der Waals surface area contributed by atoms with Gasteiger partial charge >= 0.3 is 0 Å². The molecule has 0 spiro atoms. The maximum Gasteiger partial charge on any atom is 0.141 e. The molecular formula is C8H9FN2S. The van der Waals surface area contributed by atoms with E-state index in [9.17, 15) is 4.39 Å². The standard InChI is InChI=1S/C8H9FN2S/c1-10-8-6(2-3-12)4-7(9)5-11-8/h3-5H,2H2,1H3,(H,10,11). The van der Waals surface area contributed by atoms with Crippen LogP contribution in [-0.4, -0.2) is 17.4 Å². The largest absolute Gasteiger partial charge is 0.373 e. The first-order valence-electron chi connectivity index (χ1n) is 3.53. The van der Waals surface area contributed by atoms with Crippen LogP contribution in [0.2, 0.25) is 0 Å². The number of hydrogen-bond donors (Lipinski definition) is 1. The summed E-state index contributed by atoms with van der Waals surface area (Å²) in [5.74, 6) is 0.346. The molecule has 0 unspecified atom stereocenters. The van der Waals surface area contributed by atoms with Crippen LogP contribution in [0.3, 0.4) is 0 Å². The van der Waals surface area contributed by atoms with Gasteiger partial charge in [-0.2, -0.15) is 0 Å². The minimum Gasteiger partial charge on any atom is -0.373 e. The minimum absolute atomic E-state index is 0.333. The number of hydrogen-bond acceptors (Lipinski definition) is 3. The molecule has 0 radical (unpaired) electrons. The Morgan fingerprint density at radius 2 is 2.50 bits per heavy atom. The molecule has 1 aromatic rings. The fourth-order valence-electron chi connectivity index (χ4n) is 0.952. The van der Waals surface area contributed by atoms with E-state index in [-0.39, 0.29) is 5.82 Å².